The predicted octanol–water partition coefficient (Wildman–Crippen LogP) is 1.02. The van der Waals surface area contributed by atoms with Crippen LogP contribution in [-0.2, 0) is 11.3 Å². The predicted molar refractivity (Wildman–Crippen MR) is 84.9 cm³/mol. The zero-order chi connectivity index (χ0) is 16.4. The second kappa shape index (κ2) is 6.07. The minimum Gasteiger partial charge on any atom is -0.346 e. The Bertz CT molecular complexity index is 891. The molecule has 3 rings (SSSR count). The molecule has 2 aromatic heterocycles. The van der Waals surface area contributed by atoms with Crippen LogP contribution < -0.4 is 11.0 Å². The molecule has 8 heteroatoms. The number of nitrogens with one attached hydrogen (secondary N) is 3. The van der Waals surface area contributed by atoms with Crippen LogP contribution in [-0.4, -0.2) is 30.6 Å². The summed E-state index contributed by atoms with van der Waals surface area (Å²) < 4.78 is 1.57. The first-order valence-corrected chi connectivity index (χ1v) is 7.40. The maximum absolute atomic E-state index is 12.1. The van der Waals surface area contributed by atoms with Gasteiger partial charge >= 0.3 is 5.69 Å². The lowest BCUT2D eigenvalue weighted by molar-refractivity contribution is -0.122. The lowest BCUT2D eigenvalue weighted by Crippen LogP contribution is -2.29. The number of nitrogens with zero attached hydrogens (tertiary/aromatic N) is 3. The molecule has 0 spiro atoms. The molecule has 2 heterocycles. The molecule has 0 aliphatic rings. The van der Waals surface area contributed by atoms with Gasteiger partial charge in [0.2, 0.25) is 5.91 Å². The topological polar surface area (TPSA) is 108 Å². The van der Waals surface area contributed by atoms with Gasteiger partial charge in [-0.2, -0.15) is 5.10 Å². The number of amides is 1. The third kappa shape index (κ3) is 3.15. The summed E-state index contributed by atoms with van der Waals surface area (Å²) in [6.45, 7) is 3.93. The molecule has 0 saturated carbocycles. The highest BCUT2D eigenvalue weighted by molar-refractivity contribution is 5.77. The summed E-state index contributed by atoms with van der Waals surface area (Å²) in [5.74, 6) is 1.09. The van der Waals surface area contributed by atoms with Crippen molar-refractivity contribution in [2.24, 2.45) is 0 Å². The monoisotopic (exact) mass is 314 g/mol. The van der Waals surface area contributed by atoms with Crippen molar-refractivity contribution >= 4 is 16.9 Å². The molecular weight excluding hydrogens is 296 g/mol. The standard InChI is InChI=1S/C15H18N6O2/c1-9(14-17-10(2)19-20-14)16-13(22)7-8-21-12-6-4-3-5-11(12)18-15(21)23/h3-6,9H,7-8H2,1-2H3,(H,16,22)(H,18,23)(H,17,19,20). The summed E-state index contributed by atoms with van der Waals surface area (Å²) in [7, 11) is 0. The van der Waals surface area contributed by atoms with Crippen molar-refractivity contribution in [3.05, 3.63) is 46.4 Å². The van der Waals surface area contributed by atoms with Crippen molar-refractivity contribution in [1.29, 1.82) is 0 Å². The van der Waals surface area contributed by atoms with Gasteiger partial charge in [-0.1, -0.05) is 12.1 Å². The molecule has 0 bridgehead atoms. The van der Waals surface area contributed by atoms with E-state index in [-0.39, 0.29) is 24.1 Å². The molecule has 120 valence electrons. The number of rotatable bonds is 5. The normalized spacial score (nSPS) is 12.4. The molecule has 3 N–H and O–H groups in total. The molecule has 1 atom stereocenters. The van der Waals surface area contributed by atoms with Crippen molar-refractivity contribution in [2.75, 3.05) is 0 Å². The number of hydrogen-bond donors (Lipinski definition) is 3. The van der Waals surface area contributed by atoms with E-state index in [1.807, 2.05) is 31.2 Å². The van der Waals surface area contributed by atoms with Gasteiger partial charge in [-0.3, -0.25) is 14.5 Å². The van der Waals surface area contributed by atoms with E-state index in [0.29, 0.717) is 18.2 Å². The van der Waals surface area contributed by atoms with E-state index in [4.69, 9.17) is 0 Å². The number of carbonyl (C=O) groups is 1. The van der Waals surface area contributed by atoms with E-state index in [1.54, 1.807) is 11.5 Å². The first kappa shape index (κ1) is 15.0. The molecule has 1 unspecified atom stereocenters. The first-order valence-electron chi connectivity index (χ1n) is 7.40. The Labute approximate surface area is 131 Å². The fourth-order valence-electron chi connectivity index (χ4n) is 2.47. The summed E-state index contributed by atoms with van der Waals surface area (Å²) in [5, 5.41) is 9.60. The molecular formula is C15H18N6O2. The van der Waals surface area contributed by atoms with Gasteiger partial charge < -0.3 is 10.3 Å². The van der Waals surface area contributed by atoms with Crippen molar-refractivity contribution in [1.82, 2.24) is 30.0 Å². The first-order chi connectivity index (χ1) is 11.0. The number of aromatic nitrogens is 5. The fraction of sp³-hybridized carbons (Fsp3) is 0.333. The Hall–Kier alpha value is -2.90. The number of imidazole rings is 1. The number of fused-ring (bicyclic) bond motifs is 1. The number of hydrogen-bond acceptors (Lipinski definition) is 4. The van der Waals surface area contributed by atoms with E-state index in [0.717, 1.165) is 11.0 Å². The van der Waals surface area contributed by atoms with Gasteiger partial charge in [0.1, 0.15) is 5.82 Å². The van der Waals surface area contributed by atoms with Crippen molar-refractivity contribution < 1.29 is 4.79 Å². The lowest BCUT2D eigenvalue weighted by atomic mass is 10.3. The van der Waals surface area contributed by atoms with E-state index < -0.39 is 0 Å². The maximum atomic E-state index is 12.1. The van der Waals surface area contributed by atoms with Crippen LogP contribution in [0.1, 0.15) is 31.0 Å². The number of aryl methyl sites for hydroxylation is 2. The van der Waals surface area contributed by atoms with Crippen molar-refractivity contribution in [3.8, 4) is 0 Å². The average Bonchev–Trinajstić information content (AvgIpc) is 3.08. The summed E-state index contributed by atoms with van der Waals surface area (Å²) >= 11 is 0. The van der Waals surface area contributed by atoms with Crippen LogP contribution in [0.25, 0.3) is 11.0 Å². The van der Waals surface area contributed by atoms with Crippen LogP contribution >= 0.6 is 0 Å². The molecule has 1 amide bonds. The van der Waals surface area contributed by atoms with Gasteiger partial charge in [-0.05, 0) is 26.0 Å². The summed E-state index contributed by atoms with van der Waals surface area (Å²) in [6.07, 6.45) is 0.204. The highest BCUT2D eigenvalue weighted by Crippen LogP contribution is 2.10. The highest BCUT2D eigenvalue weighted by atomic mass is 16.2. The molecule has 0 aliphatic carbocycles. The Kier molecular flexibility index (Phi) is 3.96. The second-order valence-electron chi connectivity index (χ2n) is 5.42. The molecule has 8 nitrogen and oxygen atoms in total. The lowest BCUT2D eigenvalue weighted by Gasteiger charge is -2.10. The number of para-hydroxylation sites is 2. The summed E-state index contributed by atoms with van der Waals surface area (Å²) in [6, 6.07) is 7.12. The largest absolute Gasteiger partial charge is 0.346 e. The molecule has 0 aliphatic heterocycles. The Morgan fingerprint density at radius 1 is 1.39 bits per heavy atom. The van der Waals surface area contributed by atoms with Crippen LogP contribution in [0.2, 0.25) is 0 Å². The quantitative estimate of drug-likeness (QED) is 0.653. The summed E-state index contributed by atoms with van der Waals surface area (Å²) in [5.41, 5.74) is 1.35. The van der Waals surface area contributed by atoms with E-state index in [9.17, 15) is 9.59 Å². The number of carbonyl (C=O) groups excluding carboxylic acids is 1. The smallest absolute Gasteiger partial charge is 0.326 e. The van der Waals surface area contributed by atoms with Gasteiger partial charge in [-0.25, -0.2) is 9.78 Å². The molecule has 0 fully saturated rings. The van der Waals surface area contributed by atoms with Crippen LogP contribution in [0, 0.1) is 6.92 Å². The van der Waals surface area contributed by atoms with Crippen LogP contribution in [0.5, 0.6) is 0 Å². The Balaban J connectivity index is 1.64. The second-order valence-corrected chi connectivity index (χ2v) is 5.42. The fourth-order valence-corrected chi connectivity index (χ4v) is 2.47. The van der Waals surface area contributed by atoms with Crippen LogP contribution in [0.3, 0.4) is 0 Å². The maximum Gasteiger partial charge on any atom is 0.326 e. The summed E-state index contributed by atoms with van der Waals surface area (Å²) in [4.78, 5) is 31.0. The molecule has 23 heavy (non-hydrogen) atoms. The van der Waals surface area contributed by atoms with Crippen molar-refractivity contribution in [2.45, 2.75) is 32.9 Å². The third-order valence-electron chi connectivity index (χ3n) is 3.62. The minimum atomic E-state index is -0.285. The van der Waals surface area contributed by atoms with E-state index in [1.165, 1.54) is 0 Å². The highest BCUT2D eigenvalue weighted by Gasteiger charge is 2.14. The van der Waals surface area contributed by atoms with Crippen LogP contribution in [0.15, 0.2) is 29.1 Å². The van der Waals surface area contributed by atoms with E-state index in [2.05, 4.69) is 25.5 Å². The van der Waals surface area contributed by atoms with Crippen LogP contribution in [0.4, 0.5) is 0 Å². The average molecular weight is 314 g/mol. The van der Waals surface area contributed by atoms with Gasteiger partial charge in [0.25, 0.3) is 0 Å². The number of H-pyrrole nitrogens is 2. The number of benzene rings is 1. The van der Waals surface area contributed by atoms with Gasteiger partial charge in [0, 0.05) is 13.0 Å². The molecule has 0 radical (unpaired) electrons. The van der Waals surface area contributed by atoms with E-state index >= 15 is 0 Å². The van der Waals surface area contributed by atoms with Crippen molar-refractivity contribution in [3.63, 3.8) is 0 Å². The molecule has 1 aromatic carbocycles. The zero-order valence-electron chi connectivity index (χ0n) is 13.0. The van der Waals surface area contributed by atoms with Gasteiger partial charge in [0.05, 0.1) is 17.1 Å². The number of aromatic amines is 2. The third-order valence-corrected chi connectivity index (χ3v) is 3.62. The zero-order valence-corrected chi connectivity index (χ0v) is 13.0. The Morgan fingerprint density at radius 3 is 2.91 bits per heavy atom. The van der Waals surface area contributed by atoms with Gasteiger partial charge in [0.15, 0.2) is 5.82 Å². The SMILES string of the molecule is Cc1nc(C(C)NC(=O)CCn2c(=O)[nH]c3ccccc32)n[nH]1. The Morgan fingerprint density at radius 2 is 2.17 bits per heavy atom. The molecule has 3 aromatic rings. The molecule has 0 saturated heterocycles. The minimum absolute atomic E-state index is 0.155. The van der Waals surface area contributed by atoms with Gasteiger partial charge in [-0.15, -0.1) is 0 Å².